The number of rotatable bonds is 3. The van der Waals surface area contributed by atoms with Gasteiger partial charge in [0.2, 0.25) is 0 Å². The molecule has 0 aliphatic carbocycles. The lowest BCUT2D eigenvalue weighted by molar-refractivity contribution is -0.140. The predicted molar refractivity (Wildman–Crippen MR) is 50.2 cm³/mol. The Morgan fingerprint density at radius 2 is 1.94 bits per heavy atom. The Labute approximate surface area is 89.7 Å². The number of hydrogen-bond acceptors (Lipinski definition) is 2. The van der Waals surface area contributed by atoms with Crippen molar-refractivity contribution in [1.82, 2.24) is 0 Å². The van der Waals surface area contributed by atoms with Crippen molar-refractivity contribution in [2.75, 3.05) is 6.61 Å². The van der Waals surface area contributed by atoms with Crippen molar-refractivity contribution in [3.8, 4) is 0 Å². The van der Waals surface area contributed by atoms with Crippen LogP contribution in [0.2, 0.25) is 0 Å². The zero-order chi connectivity index (χ0) is 12.3. The fourth-order valence-electron chi connectivity index (χ4n) is 1.28. The van der Waals surface area contributed by atoms with Crippen LogP contribution >= 0.6 is 0 Å². The summed E-state index contributed by atoms with van der Waals surface area (Å²) in [6, 6.07) is 2.04. The molecular weight excluding hydrogens is 226 g/mol. The van der Waals surface area contributed by atoms with Gasteiger partial charge in [0, 0.05) is 6.04 Å². The van der Waals surface area contributed by atoms with Gasteiger partial charge in [0.25, 0.3) is 0 Å². The number of alkyl halides is 3. The maximum atomic E-state index is 12.9. The summed E-state index contributed by atoms with van der Waals surface area (Å²) in [4.78, 5) is 0. The average Bonchev–Trinajstić information content (AvgIpc) is 2.19. The molecule has 1 rings (SSSR count). The number of hydrogen-bond donors (Lipinski definition) is 2. The summed E-state index contributed by atoms with van der Waals surface area (Å²) in [6.45, 7) is -0.335. The van der Waals surface area contributed by atoms with E-state index in [1.807, 2.05) is 0 Å². The molecule has 0 saturated carbocycles. The lowest BCUT2D eigenvalue weighted by Crippen LogP contribution is -2.27. The van der Waals surface area contributed by atoms with E-state index in [0.717, 1.165) is 6.07 Å². The predicted octanol–water partition coefficient (Wildman–Crippen LogP) is 1.71. The van der Waals surface area contributed by atoms with Gasteiger partial charge in [0.15, 0.2) is 0 Å². The first-order valence-corrected chi connectivity index (χ1v) is 4.56. The van der Waals surface area contributed by atoms with E-state index < -0.39 is 23.6 Å². The van der Waals surface area contributed by atoms with Gasteiger partial charge in [-0.15, -0.1) is 0 Å². The zero-order valence-corrected chi connectivity index (χ0v) is 8.26. The molecule has 0 radical (unpaired) electrons. The third-order valence-corrected chi connectivity index (χ3v) is 2.07. The van der Waals surface area contributed by atoms with Crippen LogP contribution in [-0.2, 0) is 12.6 Å². The van der Waals surface area contributed by atoms with E-state index >= 15 is 0 Å². The first-order chi connectivity index (χ1) is 7.34. The highest BCUT2D eigenvalue weighted by molar-refractivity contribution is 5.27. The van der Waals surface area contributed by atoms with Gasteiger partial charge in [-0.05, 0) is 24.1 Å². The fourth-order valence-corrected chi connectivity index (χ4v) is 1.28. The summed E-state index contributed by atoms with van der Waals surface area (Å²) in [7, 11) is 0. The minimum atomic E-state index is -4.72. The van der Waals surface area contributed by atoms with Crippen LogP contribution in [0.25, 0.3) is 0 Å². The lowest BCUT2D eigenvalue weighted by Gasteiger charge is -2.12. The van der Waals surface area contributed by atoms with E-state index in [1.54, 1.807) is 0 Å². The van der Waals surface area contributed by atoms with Crippen LogP contribution in [-0.4, -0.2) is 17.8 Å². The Morgan fingerprint density at radius 3 is 2.44 bits per heavy atom. The van der Waals surface area contributed by atoms with Crippen molar-refractivity contribution in [3.63, 3.8) is 0 Å². The van der Waals surface area contributed by atoms with Crippen LogP contribution in [0.4, 0.5) is 17.6 Å². The molecule has 0 aromatic heterocycles. The number of aliphatic hydroxyl groups is 1. The summed E-state index contributed by atoms with van der Waals surface area (Å²) in [5, 5.41) is 8.66. The molecule has 0 saturated heterocycles. The Bertz CT molecular complexity index is 364. The highest BCUT2D eigenvalue weighted by Crippen LogP contribution is 2.31. The van der Waals surface area contributed by atoms with E-state index in [2.05, 4.69) is 0 Å². The van der Waals surface area contributed by atoms with Crippen molar-refractivity contribution >= 4 is 0 Å². The zero-order valence-electron chi connectivity index (χ0n) is 8.26. The third kappa shape index (κ3) is 3.18. The first kappa shape index (κ1) is 12.9. The topological polar surface area (TPSA) is 46.2 Å². The molecule has 16 heavy (non-hydrogen) atoms. The van der Waals surface area contributed by atoms with Crippen molar-refractivity contribution in [2.24, 2.45) is 5.73 Å². The van der Waals surface area contributed by atoms with Crippen molar-refractivity contribution in [3.05, 3.63) is 35.1 Å². The molecule has 0 amide bonds. The molecule has 3 N–H and O–H groups in total. The second-order valence-corrected chi connectivity index (χ2v) is 3.46. The third-order valence-electron chi connectivity index (χ3n) is 2.07. The second-order valence-electron chi connectivity index (χ2n) is 3.46. The summed E-state index contributed by atoms with van der Waals surface area (Å²) in [6.07, 6.45) is -4.65. The summed E-state index contributed by atoms with van der Waals surface area (Å²) in [5.41, 5.74) is 4.31. The van der Waals surface area contributed by atoms with E-state index in [0.29, 0.717) is 6.07 Å². The molecule has 0 aliphatic heterocycles. The summed E-state index contributed by atoms with van der Waals surface area (Å²) < 4.78 is 49.9. The molecule has 0 spiro atoms. The maximum Gasteiger partial charge on any atom is 0.419 e. The molecule has 1 atom stereocenters. The molecular formula is C10H11F4NO. The number of halogens is 4. The van der Waals surface area contributed by atoms with E-state index in [-0.39, 0.29) is 18.6 Å². The van der Waals surface area contributed by atoms with Crippen LogP contribution in [0.3, 0.4) is 0 Å². The molecule has 0 fully saturated rings. The van der Waals surface area contributed by atoms with Gasteiger partial charge >= 0.3 is 6.18 Å². The minimum Gasteiger partial charge on any atom is -0.395 e. The summed E-state index contributed by atoms with van der Waals surface area (Å²) >= 11 is 0. The largest absolute Gasteiger partial charge is 0.419 e. The van der Waals surface area contributed by atoms with Crippen molar-refractivity contribution in [1.29, 1.82) is 0 Å². The first-order valence-electron chi connectivity index (χ1n) is 4.56. The Balaban J connectivity index is 2.99. The SMILES string of the molecule is NC(CO)Cc1ccc(F)c(C(F)(F)F)c1. The molecule has 1 unspecified atom stereocenters. The molecule has 0 heterocycles. The lowest BCUT2D eigenvalue weighted by atomic mass is 10.0. The normalized spacial score (nSPS) is 13.9. The van der Waals surface area contributed by atoms with Crippen LogP contribution in [0.15, 0.2) is 18.2 Å². The van der Waals surface area contributed by atoms with Crippen LogP contribution in [0, 0.1) is 5.82 Å². The molecule has 2 nitrogen and oxygen atoms in total. The van der Waals surface area contributed by atoms with E-state index in [4.69, 9.17) is 10.8 Å². The van der Waals surface area contributed by atoms with Crippen molar-refractivity contribution < 1.29 is 22.7 Å². The monoisotopic (exact) mass is 237 g/mol. The van der Waals surface area contributed by atoms with E-state index in [9.17, 15) is 17.6 Å². The highest BCUT2D eigenvalue weighted by Gasteiger charge is 2.34. The Morgan fingerprint density at radius 1 is 1.31 bits per heavy atom. The Hall–Kier alpha value is -1.14. The maximum absolute atomic E-state index is 12.9. The molecule has 0 aliphatic rings. The molecule has 90 valence electrons. The Kier molecular flexibility index (Phi) is 3.88. The number of nitrogens with two attached hydrogens (primary N) is 1. The average molecular weight is 237 g/mol. The fraction of sp³-hybridized carbons (Fsp3) is 0.400. The quantitative estimate of drug-likeness (QED) is 0.786. The molecule has 1 aromatic rings. The standard InChI is InChI=1S/C10H11F4NO/c11-9-2-1-6(3-7(15)5-16)4-8(9)10(12,13)14/h1-2,4,7,16H,3,5,15H2. The van der Waals surface area contributed by atoms with Gasteiger partial charge in [-0.25, -0.2) is 4.39 Å². The van der Waals surface area contributed by atoms with Crippen LogP contribution in [0.1, 0.15) is 11.1 Å². The van der Waals surface area contributed by atoms with Gasteiger partial charge in [-0.2, -0.15) is 13.2 Å². The van der Waals surface area contributed by atoms with Crippen LogP contribution in [0.5, 0.6) is 0 Å². The van der Waals surface area contributed by atoms with E-state index in [1.165, 1.54) is 6.07 Å². The minimum absolute atomic E-state index is 0.0693. The molecule has 1 aromatic carbocycles. The van der Waals surface area contributed by atoms with Crippen LogP contribution < -0.4 is 5.73 Å². The van der Waals surface area contributed by atoms with Gasteiger partial charge in [0.05, 0.1) is 12.2 Å². The van der Waals surface area contributed by atoms with Gasteiger partial charge in [-0.3, -0.25) is 0 Å². The number of benzene rings is 1. The molecule has 6 heteroatoms. The smallest absolute Gasteiger partial charge is 0.395 e. The molecule has 0 bridgehead atoms. The van der Waals surface area contributed by atoms with Gasteiger partial charge in [-0.1, -0.05) is 6.07 Å². The van der Waals surface area contributed by atoms with Gasteiger partial charge < -0.3 is 10.8 Å². The van der Waals surface area contributed by atoms with Gasteiger partial charge in [0.1, 0.15) is 5.82 Å². The van der Waals surface area contributed by atoms with Crippen molar-refractivity contribution in [2.45, 2.75) is 18.6 Å². The highest BCUT2D eigenvalue weighted by atomic mass is 19.4. The number of aliphatic hydroxyl groups excluding tert-OH is 1. The summed E-state index contributed by atoms with van der Waals surface area (Å²) in [5.74, 6) is -1.31. The second kappa shape index (κ2) is 4.80.